The lowest BCUT2D eigenvalue weighted by Gasteiger charge is -2.13. The Morgan fingerprint density at radius 3 is 2.42 bits per heavy atom. The molecular weight excluding hydrogens is 319 g/mol. The Balaban J connectivity index is 2.36. The van der Waals surface area contributed by atoms with Crippen molar-refractivity contribution in [3.8, 4) is 5.69 Å². The molecule has 4 nitrogen and oxygen atoms in total. The zero-order chi connectivity index (χ0) is 17.9. The molecule has 0 saturated heterocycles. The van der Waals surface area contributed by atoms with Crippen LogP contribution in [0.15, 0.2) is 30.5 Å². The number of rotatable bonds is 5. The summed E-state index contributed by atoms with van der Waals surface area (Å²) in [5.41, 5.74) is -0.347. The summed E-state index contributed by atoms with van der Waals surface area (Å²) >= 11 is 0. The molecule has 130 valence electrons. The minimum atomic E-state index is -4.69. The maximum Gasteiger partial charge on any atom is 0.434 e. The molecule has 1 aromatic heterocycles. The van der Waals surface area contributed by atoms with Gasteiger partial charge in [0.1, 0.15) is 0 Å². The zero-order valence-electron chi connectivity index (χ0n) is 13.8. The number of aromatic nitrogens is 2. The first kappa shape index (κ1) is 18.0. The van der Waals surface area contributed by atoms with E-state index >= 15 is 0 Å². The van der Waals surface area contributed by atoms with E-state index in [1.807, 2.05) is 20.8 Å². The van der Waals surface area contributed by atoms with E-state index in [9.17, 15) is 18.0 Å². The smallest absolute Gasteiger partial charge is 0.352 e. The van der Waals surface area contributed by atoms with Gasteiger partial charge in [-0.1, -0.05) is 31.5 Å². The molecule has 2 rings (SSSR count). The standard InChI is InChI=1S/C17H20F3N3O/c1-11(2)8-9-21-16(24)14-10-22-23(15(14)17(18,19)20)13-6-4-12(3)5-7-13/h4-7,10-11H,8-9H2,1-3H3,(H,21,24). The quantitative estimate of drug-likeness (QED) is 0.896. The number of halogens is 3. The highest BCUT2D eigenvalue weighted by atomic mass is 19.4. The van der Waals surface area contributed by atoms with Crippen LogP contribution in [0.25, 0.3) is 5.69 Å². The molecule has 0 fully saturated rings. The first-order chi connectivity index (χ1) is 11.2. The molecule has 1 amide bonds. The number of amides is 1. The summed E-state index contributed by atoms with van der Waals surface area (Å²) in [6, 6.07) is 6.47. The minimum Gasteiger partial charge on any atom is -0.352 e. The van der Waals surface area contributed by atoms with Crippen LogP contribution in [0.4, 0.5) is 13.2 Å². The van der Waals surface area contributed by atoms with Crippen LogP contribution in [0.3, 0.4) is 0 Å². The lowest BCUT2D eigenvalue weighted by atomic mass is 10.1. The molecule has 0 aliphatic carbocycles. The Morgan fingerprint density at radius 1 is 1.25 bits per heavy atom. The molecule has 7 heteroatoms. The summed E-state index contributed by atoms with van der Waals surface area (Å²) in [6.45, 7) is 6.11. The predicted octanol–water partition coefficient (Wildman–Crippen LogP) is 3.98. The van der Waals surface area contributed by atoms with Gasteiger partial charge in [-0.25, -0.2) is 4.68 Å². The fourth-order valence-electron chi connectivity index (χ4n) is 2.24. The van der Waals surface area contributed by atoms with Gasteiger partial charge < -0.3 is 5.32 Å². The van der Waals surface area contributed by atoms with Gasteiger partial charge in [-0.3, -0.25) is 4.79 Å². The first-order valence-electron chi connectivity index (χ1n) is 7.70. The molecule has 0 bridgehead atoms. The summed E-state index contributed by atoms with van der Waals surface area (Å²) in [7, 11) is 0. The Morgan fingerprint density at radius 2 is 1.88 bits per heavy atom. The maximum atomic E-state index is 13.5. The lowest BCUT2D eigenvalue weighted by molar-refractivity contribution is -0.143. The topological polar surface area (TPSA) is 46.9 Å². The van der Waals surface area contributed by atoms with Crippen LogP contribution < -0.4 is 5.32 Å². The molecular formula is C17H20F3N3O. The van der Waals surface area contributed by atoms with E-state index in [2.05, 4.69) is 10.4 Å². The number of carbonyl (C=O) groups is 1. The van der Waals surface area contributed by atoms with Gasteiger partial charge in [0.15, 0.2) is 5.69 Å². The van der Waals surface area contributed by atoms with Crippen molar-refractivity contribution in [2.45, 2.75) is 33.4 Å². The molecule has 0 aliphatic heterocycles. The highest BCUT2D eigenvalue weighted by Gasteiger charge is 2.40. The van der Waals surface area contributed by atoms with Crippen molar-refractivity contribution in [1.82, 2.24) is 15.1 Å². The number of aryl methyl sites for hydroxylation is 1. The van der Waals surface area contributed by atoms with Crippen molar-refractivity contribution in [1.29, 1.82) is 0 Å². The number of alkyl halides is 3. The van der Waals surface area contributed by atoms with Crippen molar-refractivity contribution < 1.29 is 18.0 Å². The van der Waals surface area contributed by atoms with E-state index in [0.29, 0.717) is 18.9 Å². The molecule has 1 N–H and O–H groups in total. The highest BCUT2D eigenvalue weighted by molar-refractivity contribution is 5.95. The fraction of sp³-hybridized carbons (Fsp3) is 0.412. The summed E-state index contributed by atoms with van der Waals surface area (Å²) < 4.78 is 41.2. The van der Waals surface area contributed by atoms with Crippen LogP contribution in [0.5, 0.6) is 0 Å². The maximum absolute atomic E-state index is 13.5. The molecule has 0 atom stereocenters. The van der Waals surface area contributed by atoms with Crippen LogP contribution in [0.2, 0.25) is 0 Å². The number of nitrogens with one attached hydrogen (secondary N) is 1. The Bertz CT molecular complexity index is 703. The van der Waals surface area contributed by atoms with Gasteiger partial charge in [0.05, 0.1) is 17.4 Å². The van der Waals surface area contributed by atoms with Crippen molar-refractivity contribution in [2.24, 2.45) is 5.92 Å². The number of hydrogen-bond acceptors (Lipinski definition) is 2. The van der Waals surface area contributed by atoms with Crippen molar-refractivity contribution in [3.63, 3.8) is 0 Å². The van der Waals surface area contributed by atoms with Crippen molar-refractivity contribution in [3.05, 3.63) is 47.3 Å². The molecule has 2 aromatic rings. The molecule has 24 heavy (non-hydrogen) atoms. The summed E-state index contributed by atoms with van der Waals surface area (Å²) in [4.78, 5) is 12.1. The van der Waals surface area contributed by atoms with Crippen LogP contribution in [0, 0.1) is 12.8 Å². The number of nitrogens with zero attached hydrogens (tertiary/aromatic N) is 2. The number of carbonyl (C=O) groups excluding carboxylic acids is 1. The SMILES string of the molecule is Cc1ccc(-n2ncc(C(=O)NCCC(C)C)c2C(F)(F)F)cc1. The average Bonchev–Trinajstić information content (AvgIpc) is 2.92. The third-order valence-electron chi connectivity index (χ3n) is 3.57. The normalized spacial score (nSPS) is 11.8. The average molecular weight is 339 g/mol. The second-order valence-electron chi connectivity index (χ2n) is 6.09. The van der Waals surface area contributed by atoms with Crippen LogP contribution in [0.1, 0.15) is 41.9 Å². The van der Waals surface area contributed by atoms with E-state index in [-0.39, 0.29) is 5.69 Å². The molecule has 0 spiro atoms. The third-order valence-corrected chi connectivity index (χ3v) is 3.57. The molecule has 0 unspecified atom stereocenters. The Labute approximate surface area is 138 Å². The van der Waals surface area contributed by atoms with E-state index in [0.717, 1.165) is 16.4 Å². The van der Waals surface area contributed by atoms with Crippen LogP contribution >= 0.6 is 0 Å². The molecule has 0 aliphatic rings. The first-order valence-corrected chi connectivity index (χ1v) is 7.70. The van der Waals surface area contributed by atoms with Crippen molar-refractivity contribution >= 4 is 5.91 Å². The van der Waals surface area contributed by atoms with Gasteiger partial charge >= 0.3 is 6.18 Å². The van der Waals surface area contributed by atoms with Gasteiger partial charge in [0, 0.05) is 6.54 Å². The third kappa shape index (κ3) is 4.15. The summed E-state index contributed by atoms with van der Waals surface area (Å²) in [6.07, 6.45) is -3.03. The largest absolute Gasteiger partial charge is 0.434 e. The minimum absolute atomic E-state index is 0.258. The fourth-order valence-corrected chi connectivity index (χ4v) is 2.24. The molecule has 1 aromatic carbocycles. The molecule has 0 radical (unpaired) electrons. The Kier molecular flexibility index (Phi) is 5.31. The summed E-state index contributed by atoms with van der Waals surface area (Å²) in [5, 5.41) is 6.31. The second kappa shape index (κ2) is 7.07. The van der Waals surface area contributed by atoms with Crippen LogP contribution in [-0.4, -0.2) is 22.2 Å². The lowest BCUT2D eigenvalue weighted by Crippen LogP contribution is -2.28. The van der Waals surface area contributed by atoms with Crippen molar-refractivity contribution in [2.75, 3.05) is 6.54 Å². The summed E-state index contributed by atoms with van der Waals surface area (Å²) in [5.74, 6) is -0.413. The molecule has 0 saturated carbocycles. The number of hydrogen-bond donors (Lipinski definition) is 1. The van der Waals surface area contributed by atoms with Gasteiger partial charge in [-0.2, -0.15) is 18.3 Å². The van der Waals surface area contributed by atoms with Gasteiger partial charge in [0.2, 0.25) is 0 Å². The predicted molar refractivity (Wildman–Crippen MR) is 85.1 cm³/mol. The van der Waals surface area contributed by atoms with E-state index in [1.165, 1.54) is 12.1 Å². The van der Waals surface area contributed by atoms with Gasteiger partial charge in [-0.05, 0) is 31.4 Å². The Hall–Kier alpha value is -2.31. The highest BCUT2D eigenvalue weighted by Crippen LogP contribution is 2.33. The number of benzene rings is 1. The van der Waals surface area contributed by atoms with E-state index < -0.39 is 23.3 Å². The van der Waals surface area contributed by atoms with Gasteiger partial charge in [-0.15, -0.1) is 0 Å². The second-order valence-corrected chi connectivity index (χ2v) is 6.09. The van der Waals surface area contributed by atoms with Gasteiger partial charge in [0.25, 0.3) is 5.91 Å². The van der Waals surface area contributed by atoms with E-state index in [4.69, 9.17) is 0 Å². The van der Waals surface area contributed by atoms with Crippen LogP contribution in [-0.2, 0) is 6.18 Å². The monoisotopic (exact) mass is 339 g/mol. The zero-order valence-corrected chi connectivity index (χ0v) is 13.8. The molecule has 1 heterocycles. The van der Waals surface area contributed by atoms with E-state index in [1.54, 1.807) is 12.1 Å².